The minimum absolute atomic E-state index is 0.0259. The van der Waals surface area contributed by atoms with E-state index in [-0.39, 0.29) is 11.8 Å². The van der Waals surface area contributed by atoms with Gasteiger partial charge in [0.25, 0.3) is 0 Å². The molecule has 2 heterocycles. The molecule has 0 radical (unpaired) electrons. The van der Waals surface area contributed by atoms with E-state index >= 15 is 0 Å². The topological polar surface area (TPSA) is 53.5 Å². The number of carbonyl (C=O) groups excluding carboxylic acids is 2. The van der Waals surface area contributed by atoms with Gasteiger partial charge in [-0.25, -0.2) is 4.98 Å². The third kappa shape index (κ3) is 6.20. The fourth-order valence-electron chi connectivity index (χ4n) is 4.29. The van der Waals surface area contributed by atoms with Gasteiger partial charge >= 0.3 is 0 Å². The number of thiazole rings is 1. The van der Waals surface area contributed by atoms with Crippen LogP contribution < -0.4 is 4.90 Å². The van der Waals surface area contributed by atoms with Gasteiger partial charge in [-0.2, -0.15) is 0 Å². The number of para-hydroxylation sites is 1. The van der Waals surface area contributed by atoms with Gasteiger partial charge in [-0.15, -0.1) is 11.3 Å². The van der Waals surface area contributed by atoms with Gasteiger partial charge in [-0.1, -0.05) is 48.0 Å². The maximum atomic E-state index is 12.7. The zero-order valence-electron chi connectivity index (χ0n) is 19.8. The molecule has 2 amide bonds. The molecule has 0 saturated carbocycles. The Hall–Kier alpha value is -3.25. The van der Waals surface area contributed by atoms with Crippen molar-refractivity contribution in [3.05, 3.63) is 82.9 Å². The van der Waals surface area contributed by atoms with Gasteiger partial charge in [-0.05, 0) is 62.3 Å². The van der Waals surface area contributed by atoms with E-state index in [1.165, 1.54) is 35.8 Å². The summed E-state index contributed by atoms with van der Waals surface area (Å²) in [6, 6.07) is 18.3. The number of likely N-dealkylation sites (tertiary alicyclic amines) is 1. The molecule has 34 heavy (non-hydrogen) atoms. The molecular formula is C28H31N3O2S. The second kappa shape index (κ2) is 11.3. The third-order valence-corrected chi connectivity index (χ3v) is 7.16. The molecule has 0 atom stereocenters. The van der Waals surface area contributed by atoms with Crippen molar-refractivity contribution in [3.8, 4) is 0 Å². The molecule has 5 nitrogen and oxygen atoms in total. The van der Waals surface area contributed by atoms with E-state index in [0.717, 1.165) is 38.0 Å². The molecule has 0 aliphatic carbocycles. The maximum Gasteiger partial charge on any atom is 0.246 e. The second-order valence-electron chi connectivity index (χ2n) is 8.87. The lowest BCUT2D eigenvalue weighted by Crippen LogP contribution is -2.37. The number of benzene rings is 2. The number of hydrogen-bond donors (Lipinski definition) is 0. The van der Waals surface area contributed by atoms with E-state index < -0.39 is 0 Å². The van der Waals surface area contributed by atoms with Crippen LogP contribution in [0.25, 0.3) is 6.08 Å². The van der Waals surface area contributed by atoms with E-state index in [4.69, 9.17) is 0 Å². The van der Waals surface area contributed by atoms with Crippen molar-refractivity contribution in [1.29, 1.82) is 0 Å². The fraction of sp³-hybridized carbons (Fsp3) is 0.321. The molecular weight excluding hydrogens is 442 g/mol. The zero-order valence-corrected chi connectivity index (χ0v) is 20.6. The average molecular weight is 474 g/mol. The number of hydrogen-bond acceptors (Lipinski definition) is 4. The minimum atomic E-state index is -0.0996. The molecule has 3 aromatic rings. The molecule has 1 aliphatic heterocycles. The number of piperidine rings is 1. The predicted octanol–water partition coefficient (Wildman–Crippen LogP) is 6.02. The smallest absolute Gasteiger partial charge is 0.246 e. The van der Waals surface area contributed by atoms with Crippen molar-refractivity contribution in [2.45, 2.75) is 39.5 Å². The highest BCUT2D eigenvalue weighted by atomic mass is 32.1. The highest BCUT2D eigenvalue weighted by Gasteiger charge is 2.22. The third-order valence-electron chi connectivity index (χ3n) is 6.32. The zero-order chi connectivity index (χ0) is 23.9. The number of aromatic nitrogens is 1. The quantitative estimate of drug-likeness (QED) is 0.394. The predicted molar refractivity (Wildman–Crippen MR) is 139 cm³/mol. The number of aryl methyl sites for hydroxylation is 2. The van der Waals surface area contributed by atoms with E-state index in [1.54, 1.807) is 17.1 Å². The number of carbonyl (C=O) groups is 2. The lowest BCUT2D eigenvalue weighted by atomic mass is 9.90. The summed E-state index contributed by atoms with van der Waals surface area (Å²) in [6.07, 6.45) is 7.73. The largest absolute Gasteiger partial charge is 0.339 e. The van der Waals surface area contributed by atoms with Crippen molar-refractivity contribution < 1.29 is 9.59 Å². The van der Waals surface area contributed by atoms with Crippen molar-refractivity contribution in [2.75, 3.05) is 18.0 Å². The van der Waals surface area contributed by atoms with Crippen LogP contribution in [0.4, 0.5) is 10.8 Å². The molecule has 4 rings (SSSR count). The van der Waals surface area contributed by atoms with Crippen LogP contribution in [-0.2, 0) is 16.0 Å². The molecule has 1 fully saturated rings. The second-order valence-corrected chi connectivity index (χ2v) is 9.71. The van der Waals surface area contributed by atoms with E-state index in [9.17, 15) is 9.59 Å². The Morgan fingerprint density at radius 3 is 2.47 bits per heavy atom. The summed E-state index contributed by atoms with van der Waals surface area (Å²) in [5.41, 5.74) is 4.15. The monoisotopic (exact) mass is 473 g/mol. The van der Waals surface area contributed by atoms with Crippen LogP contribution >= 0.6 is 11.3 Å². The van der Waals surface area contributed by atoms with Gasteiger partial charge in [0.05, 0.1) is 11.4 Å². The van der Waals surface area contributed by atoms with Gasteiger partial charge in [-0.3, -0.25) is 14.5 Å². The summed E-state index contributed by atoms with van der Waals surface area (Å²) >= 11 is 1.39. The summed E-state index contributed by atoms with van der Waals surface area (Å²) in [5.74, 6) is 0.599. The Morgan fingerprint density at radius 2 is 1.79 bits per heavy atom. The van der Waals surface area contributed by atoms with Gasteiger partial charge in [0.2, 0.25) is 11.8 Å². The van der Waals surface area contributed by atoms with Crippen LogP contribution in [0.2, 0.25) is 0 Å². The molecule has 2 aromatic carbocycles. The molecule has 1 aliphatic rings. The molecule has 6 heteroatoms. The number of nitrogens with zero attached hydrogens (tertiary/aromatic N) is 3. The first-order chi connectivity index (χ1) is 16.5. The molecule has 0 unspecified atom stereocenters. The average Bonchev–Trinajstić information content (AvgIpc) is 3.31. The first-order valence-corrected chi connectivity index (χ1v) is 12.7. The van der Waals surface area contributed by atoms with E-state index in [2.05, 4.69) is 36.2 Å². The van der Waals surface area contributed by atoms with Crippen LogP contribution in [0.15, 0.2) is 66.1 Å². The maximum absolute atomic E-state index is 12.7. The van der Waals surface area contributed by atoms with E-state index in [0.29, 0.717) is 16.7 Å². The van der Waals surface area contributed by atoms with Crippen LogP contribution in [0, 0.1) is 12.8 Å². The van der Waals surface area contributed by atoms with Crippen LogP contribution in [0.1, 0.15) is 43.0 Å². The standard InChI is InChI=1S/C28H31N3O2S/c1-21-8-10-23(11-9-21)12-13-24-16-18-30(19-17-24)27(33)15-14-25-20-34-28(29-25)31(22(2)32)26-6-4-3-5-7-26/h3-11,14-15,20,24H,12-13,16-19H2,1-2H3/b15-14+. The molecule has 0 bridgehead atoms. The highest BCUT2D eigenvalue weighted by Crippen LogP contribution is 2.29. The Morgan fingerprint density at radius 1 is 1.09 bits per heavy atom. The molecule has 0 spiro atoms. The van der Waals surface area contributed by atoms with Crippen LogP contribution in [0.5, 0.6) is 0 Å². The summed E-state index contributed by atoms with van der Waals surface area (Å²) in [6.45, 7) is 5.24. The molecule has 176 valence electrons. The van der Waals surface area contributed by atoms with Crippen molar-refractivity contribution in [2.24, 2.45) is 5.92 Å². The first-order valence-electron chi connectivity index (χ1n) is 11.8. The SMILES string of the molecule is CC(=O)N(c1ccccc1)c1nc(/C=C/C(=O)N2CCC(CCc3ccc(C)cc3)CC2)cs1. The number of amides is 2. The van der Waals surface area contributed by atoms with Gasteiger partial charge < -0.3 is 4.90 Å². The highest BCUT2D eigenvalue weighted by molar-refractivity contribution is 7.14. The first kappa shape index (κ1) is 23.9. The van der Waals surface area contributed by atoms with Gasteiger partial charge in [0.15, 0.2) is 5.13 Å². The lowest BCUT2D eigenvalue weighted by Gasteiger charge is -2.31. The van der Waals surface area contributed by atoms with E-state index in [1.807, 2.05) is 40.6 Å². The van der Waals surface area contributed by atoms with Crippen LogP contribution in [0.3, 0.4) is 0 Å². The Balaban J connectivity index is 1.28. The Labute approximate surface area is 205 Å². The number of rotatable bonds is 7. The minimum Gasteiger partial charge on any atom is -0.339 e. The lowest BCUT2D eigenvalue weighted by molar-refractivity contribution is -0.127. The Bertz CT molecular complexity index is 1130. The summed E-state index contributed by atoms with van der Waals surface area (Å²) in [5, 5.41) is 2.47. The van der Waals surface area contributed by atoms with Crippen LogP contribution in [-0.4, -0.2) is 34.8 Å². The normalized spacial score (nSPS) is 14.5. The molecule has 1 saturated heterocycles. The fourth-order valence-corrected chi connectivity index (χ4v) is 5.14. The Kier molecular flexibility index (Phi) is 7.91. The summed E-state index contributed by atoms with van der Waals surface area (Å²) in [4.78, 5) is 33.0. The number of anilines is 2. The van der Waals surface area contributed by atoms with Gasteiger partial charge in [0, 0.05) is 31.5 Å². The molecule has 1 aromatic heterocycles. The summed E-state index contributed by atoms with van der Waals surface area (Å²) in [7, 11) is 0. The van der Waals surface area contributed by atoms with Crippen molar-refractivity contribution in [3.63, 3.8) is 0 Å². The molecule has 0 N–H and O–H groups in total. The van der Waals surface area contributed by atoms with Gasteiger partial charge in [0.1, 0.15) is 0 Å². The van der Waals surface area contributed by atoms with Crippen molar-refractivity contribution in [1.82, 2.24) is 9.88 Å². The van der Waals surface area contributed by atoms with Crippen molar-refractivity contribution >= 4 is 40.0 Å². The summed E-state index contributed by atoms with van der Waals surface area (Å²) < 4.78 is 0.